The second-order valence-corrected chi connectivity index (χ2v) is 10.2. The molecule has 0 bridgehead atoms. The zero-order chi connectivity index (χ0) is 28.0. The summed E-state index contributed by atoms with van der Waals surface area (Å²) in [5.41, 5.74) is 4.98. The summed E-state index contributed by atoms with van der Waals surface area (Å²) < 4.78 is 27.8. The first-order chi connectivity index (χ1) is 19.3. The van der Waals surface area contributed by atoms with Crippen LogP contribution in [0.3, 0.4) is 0 Å². The van der Waals surface area contributed by atoms with Crippen molar-refractivity contribution in [3.63, 3.8) is 0 Å². The van der Waals surface area contributed by atoms with Gasteiger partial charge in [-0.25, -0.2) is 13.8 Å². The second kappa shape index (κ2) is 10.3. The second-order valence-electron chi connectivity index (χ2n) is 10.2. The van der Waals surface area contributed by atoms with Gasteiger partial charge in [0.25, 0.3) is 17.9 Å². The lowest BCUT2D eigenvalue weighted by atomic mass is 9.93. The van der Waals surface area contributed by atoms with Crippen LogP contribution in [0.1, 0.15) is 45.8 Å². The quantitative estimate of drug-likeness (QED) is 0.343. The molecule has 11 heteroatoms. The van der Waals surface area contributed by atoms with Crippen molar-refractivity contribution in [2.75, 3.05) is 16.8 Å². The van der Waals surface area contributed by atoms with Gasteiger partial charge in [0, 0.05) is 42.7 Å². The van der Waals surface area contributed by atoms with Crippen molar-refractivity contribution in [2.24, 2.45) is 7.05 Å². The lowest BCUT2D eigenvalue weighted by Gasteiger charge is -2.31. The van der Waals surface area contributed by atoms with Crippen LogP contribution in [0.2, 0.25) is 0 Å². The third kappa shape index (κ3) is 4.88. The van der Waals surface area contributed by atoms with Crippen LogP contribution in [0.15, 0.2) is 59.8 Å². The third-order valence-electron chi connectivity index (χ3n) is 7.43. The number of aliphatic hydroxyl groups is 1. The van der Waals surface area contributed by atoms with Crippen LogP contribution >= 0.6 is 0 Å². The topological polar surface area (TPSA) is 105 Å². The van der Waals surface area contributed by atoms with Gasteiger partial charge in [-0.05, 0) is 48.4 Å². The number of nitrogens with one attached hydrogen (secondary N) is 1. The highest BCUT2D eigenvalue weighted by molar-refractivity contribution is 6.09. The zero-order valence-electron chi connectivity index (χ0n) is 21.8. The molecule has 6 rings (SSSR count). The van der Waals surface area contributed by atoms with Crippen molar-refractivity contribution in [2.45, 2.75) is 44.8 Å². The van der Waals surface area contributed by atoms with Gasteiger partial charge in [0.1, 0.15) is 6.54 Å². The molecule has 1 amide bonds. The van der Waals surface area contributed by atoms with Crippen LogP contribution in [0.4, 0.5) is 26.0 Å². The highest BCUT2D eigenvalue weighted by Gasteiger charge is 2.30. The molecule has 0 saturated heterocycles. The molecule has 1 aliphatic heterocycles. The van der Waals surface area contributed by atoms with Gasteiger partial charge < -0.3 is 19.9 Å². The highest BCUT2D eigenvalue weighted by Crippen LogP contribution is 2.41. The Hall–Kier alpha value is -4.38. The van der Waals surface area contributed by atoms with Crippen LogP contribution < -0.4 is 15.8 Å². The first kappa shape index (κ1) is 25.9. The van der Waals surface area contributed by atoms with E-state index in [9.17, 15) is 23.5 Å². The van der Waals surface area contributed by atoms with Crippen molar-refractivity contribution in [3.05, 3.63) is 87.6 Å². The van der Waals surface area contributed by atoms with E-state index in [-0.39, 0.29) is 18.3 Å². The molecule has 1 fully saturated rings. The average Bonchev–Trinajstić information content (AvgIpc) is 3.71. The summed E-state index contributed by atoms with van der Waals surface area (Å²) in [5.74, 6) is 0.464. The van der Waals surface area contributed by atoms with Gasteiger partial charge in [-0.1, -0.05) is 24.3 Å². The smallest absolute Gasteiger partial charge is 0.293 e. The summed E-state index contributed by atoms with van der Waals surface area (Å²) in [7, 11) is 1.57. The summed E-state index contributed by atoms with van der Waals surface area (Å²) >= 11 is 0. The van der Waals surface area contributed by atoms with E-state index in [1.807, 2.05) is 12.1 Å². The number of fused-ring (bicyclic) bond motifs is 1. The van der Waals surface area contributed by atoms with E-state index < -0.39 is 18.5 Å². The summed E-state index contributed by atoms with van der Waals surface area (Å²) in [6, 6.07) is 11.5. The predicted octanol–water partition coefficient (Wildman–Crippen LogP) is 4.23. The molecule has 2 aliphatic rings. The fourth-order valence-electron chi connectivity index (χ4n) is 5.27. The van der Waals surface area contributed by atoms with Crippen molar-refractivity contribution in [1.29, 1.82) is 0 Å². The maximum absolute atomic E-state index is 13.6. The molecule has 4 aromatic rings. The lowest BCUT2D eigenvalue weighted by Crippen LogP contribution is -2.38. The van der Waals surface area contributed by atoms with E-state index in [4.69, 9.17) is 0 Å². The molecule has 40 heavy (non-hydrogen) atoms. The third-order valence-corrected chi connectivity index (χ3v) is 7.43. The fourth-order valence-corrected chi connectivity index (χ4v) is 5.27. The molecule has 1 saturated carbocycles. The standard InChI is InChI=1S/C29H28F2N6O3/c1-35-14-24(34-27(29(35)40)33-20-12-32-36(13-20)15-26(30)31)22-3-2-4-25(23(22)16-38)37-10-9-19-11-18(17-5-6-17)7-8-21(19)28(37)39/h2-4,7-8,11-14,17,26,38H,5-6,9-10,15-16H2,1H3,(H,33,34). The first-order valence-electron chi connectivity index (χ1n) is 13.2. The Morgan fingerprint density at radius 2 is 1.95 bits per heavy atom. The van der Waals surface area contributed by atoms with Crippen LogP contribution in [0.25, 0.3) is 11.3 Å². The number of alkyl halides is 2. The Bertz CT molecular complexity index is 1660. The number of hydrogen-bond donors (Lipinski definition) is 2. The Kier molecular flexibility index (Phi) is 6.67. The Morgan fingerprint density at radius 1 is 1.12 bits per heavy atom. The maximum atomic E-state index is 13.6. The average molecular weight is 547 g/mol. The molecule has 0 radical (unpaired) electrons. The molecule has 0 spiro atoms. The van der Waals surface area contributed by atoms with Crippen molar-refractivity contribution < 1.29 is 18.7 Å². The fraction of sp³-hybridized carbons (Fsp3) is 0.310. The van der Waals surface area contributed by atoms with Gasteiger partial charge in [-0.2, -0.15) is 5.10 Å². The Morgan fingerprint density at radius 3 is 2.70 bits per heavy atom. The number of aromatic nitrogens is 4. The van der Waals surface area contributed by atoms with Gasteiger partial charge in [0.05, 0.1) is 29.9 Å². The molecule has 0 unspecified atom stereocenters. The normalized spacial score (nSPS) is 15.0. The van der Waals surface area contributed by atoms with Gasteiger partial charge in [0.15, 0.2) is 5.82 Å². The molecule has 206 valence electrons. The van der Waals surface area contributed by atoms with E-state index in [0.717, 1.165) is 10.2 Å². The number of aliphatic hydroxyl groups excluding tert-OH is 1. The van der Waals surface area contributed by atoms with E-state index >= 15 is 0 Å². The summed E-state index contributed by atoms with van der Waals surface area (Å²) in [6.45, 7) is -0.440. The minimum atomic E-state index is -2.56. The van der Waals surface area contributed by atoms with Gasteiger partial charge >= 0.3 is 0 Å². The minimum Gasteiger partial charge on any atom is -0.392 e. The van der Waals surface area contributed by atoms with E-state index in [0.29, 0.717) is 52.6 Å². The molecule has 2 aromatic carbocycles. The van der Waals surface area contributed by atoms with Crippen LogP contribution in [-0.2, 0) is 26.6 Å². The number of amides is 1. The molecule has 2 N–H and O–H groups in total. The van der Waals surface area contributed by atoms with E-state index in [1.165, 1.54) is 35.4 Å². The number of nitrogens with zero attached hydrogens (tertiary/aromatic N) is 5. The predicted molar refractivity (Wildman–Crippen MR) is 146 cm³/mol. The number of anilines is 3. The Balaban J connectivity index is 1.33. The van der Waals surface area contributed by atoms with E-state index in [2.05, 4.69) is 21.5 Å². The zero-order valence-corrected chi connectivity index (χ0v) is 21.8. The SMILES string of the molecule is Cn1cc(-c2cccc(N3CCc4cc(C5CC5)ccc4C3=O)c2CO)nc(Nc2cnn(CC(F)F)c2)c1=O. The molecule has 0 atom stereocenters. The lowest BCUT2D eigenvalue weighted by molar-refractivity contribution is 0.0980. The van der Waals surface area contributed by atoms with Crippen LogP contribution in [0, 0.1) is 0 Å². The largest absolute Gasteiger partial charge is 0.392 e. The van der Waals surface area contributed by atoms with Gasteiger partial charge in [-0.3, -0.25) is 14.3 Å². The molecule has 2 aromatic heterocycles. The van der Waals surface area contributed by atoms with Crippen LogP contribution in [0.5, 0.6) is 0 Å². The molecular formula is C29H28F2N6O3. The van der Waals surface area contributed by atoms with Crippen molar-refractivity contribution in [1.82, 2.24) is 19.3 Å². The summed E-state index contributed by atoms with van der Waals surface area (Å²) in [4.78, 5) is 32.6. The highest BCUT2D eigenvalue weighted by atomic mass is 19.3. The number of carbonyl (C=O) groups is 1. The number of benzene rings is 2. The first-order valence-corrected chi connectivity index (χ1v) is 13.2. The van der Waals surface area contributed by atoms with Gasteiger partial charge in [-0.15, -0.1) is 0 Å². The van der Waals surface area contributed by atoms with Crippen LogP contribution in [-0.4, -0.2) is 43.3 Å². The molecule has 3 heterocycles. The van der Waals surface area contributed by atoms with Crippen molar-refractivity contribution >= 4 is 23.1 Å². The maximum Gasteiger partial charge on any atom is 0.293 e. The number of halogens is 2. The van der Waals surface area contributed by atoms with Crippen molar-refractivity contribution in [3.8, 4) is 11.3 Å². The van der Waals surface area contributed by atoms with Gasteiger partial charge in [0.2, 0.25) is 0 Å². The number of aryl methyl sites for hydroxylation is 1. The number of hydrogen-bond acceptors (Lipinski definition) is 6. The van der Waals surface area contributed by atoms with E-state index in [1.54, 1.807) is 36.3 Å². The number of carbonyl (C=O) groups excluding carboxylic acids is 1. The number of rotatable bonds is 8. The summed E-state index contributed by atoms with van der Waals surface area (Å²) in [6.07, 6.45) is 4.80. The minimum absolute atomic E-state index is 0.0275. The Labute approximate surface area is 228 Å². The molecular weight excluding hydrogens is 518 g/mol. The molecule has 9 nitrogen and oxygen atoms in total. The summed E-state index contributed by atoms with van der Waals surface area (Å²) in [5, 5.41) is 17.2. The molecule has 1 aliphatic carbocycles. The monoisotopic (exact) mass is 546 g/mol.